The predicted octanol–water partition coefficient (Wildman–Crippen LogP) is 2.74. The number of carbonyl (C=O) groups excluding carboxylic acids is 1. The average Bonchev–Trinajstić information content (AvgIpc) is 2.82. The number of nitrogen functional groups attached to an aromatic ring is 2. The Balaban J connectivity index is 2.15. The Labute approximate surface area is 138 Å². The molecule has 3 aromatic rings. The van der Waals surface area contributed by atoms with Gasteiger partial charge in [0.05, 0.1) is 11.1 Å². The SMILES string of the molecule is N#Cc1cc2c(N)c(C(=O)c3ccc(Br)cc3)sc2[nH+]c1N. The minimum atomic E-state index is -0.156. The third kappa shape index (κ3) is 2.32. The fraction of sp³-hybridized carbons (Fsp3) is 0. The number of H-pyrrole nitrogens is 1. The van der Waals surface area contributed by atoms with Crippen molar-refractivity contribution >= 4 is 54.8 Å². The van der Waals surface area contributed by atoms with Gasteiger partial charge < -0.3 is 5.73 Å². The molecule has 0 saturated heterocycles. The summed E-state index contributed by atoms with van der Waals surface area (Å²) >= 11 is 4.57. The molecule has 108 valence electrons. The van der Waals surface area contributed by atoms with Crippen LogP contribution in [0.15, 0.2) is 34.8 Å². The van der Waals surface area contributed by atoms with Crippen LogP contribution < -0.4 is 16.5 Å². The fourth-order valence-corrected chi connectivity index (χ4v) is 3.44. The Hall–Kier alpha value is -2.43. The standard InChI is InChI=1S/C15H9BrN4OS/c16-9-3-1-7(2-4-9)12(21)13-11(18)10-5-8(6-17)14(19)20-15(10)22-13/h1-5H,18H2,(H2,19,20)/p+1. The molecule has 0 radical (unpaired) electrons. The number of nitriles is 1. The van der Waals surface area contributed by atoms with Crippen molar-refractivity contribution < 1.29 is 9.78 Å². The van der Waals surface area contributed by atoms with Crippen LogP contribution in [0.5, 0.6) is 0 Å². The molecule has 0 amide bonds. The predicted molar refractivity (Wildman–Crippen MR) is 89.5 cm³/mol. The van der Waals surface area contributed by atoms with Crippen molar-refractivity contribution in [3.05, 3.63) is 50.8 Å². The number of nitrogens with two attached hydrogens (primary N) is 2. The van der Waals surface area contributed by atoms with E-state index in [1.807, 2.05) is 6.07 Å². The number of ketones is 1. The largest absolute Gasteiger partial charge is 0.397 e. The van der Waals surface area contributed by atoms with Crippen LogP contribution in [-0.4, -0.2) is 5.78 Å². The highest BCUT2D eigenvalue weighted by Gasteiger charge is 2.21. The number of pyridine rings is 1. The number of anilines is 2. The summed E-state index contributed by atoms with van der Waals surface area (Å²) in [6.07, 6.45) is 0. The number of nitrogens with one attached hydrogen (secondary N) is 1. The van der Waals surface area contributed by atoms with Gasteiger partial charge >= 0.3 is 0 Å². The van der Waals surface area contributed by atoms with Gasteiger partial charge in [0.25, 0.3) is 5.82 Å². The highest BCUT2D eigenvalue weighted by atomic mass is 79.9. The van der Waals surface area contributed by atoms with E-state index >= 15 is 0 Å². The number of fused-ring (bicyclic) bond motifs is 1. The number of benzene rings is 1. The second kappa shape index (κ2) is 5.40. The number of hydrogen-bond acceptors (Lipinski definition) is 5. The zero-order valence-corrected chi connectivity index (χ0v) is 13.6. The molecule has 2 heterocycles. The highest BCUT2D eigenvalue weighted by Crippen LogP contribution is 2.34. The van der Waals surface area contributed by atoms with E-state index in [4.69, 9.17) is 16.7 Å². The van der Waals surface area contributed by atoms with Crippen LogP contribution in [-0.2, 0) is 0 Å². The zero-order valence-electron chi connectivity index (χ0n) is 11.2. The average molecular weight is 374 g/mol. The van der Waals surface area contributed by atoms with Gasteiger partial charge in [-0.25, -0.2) is 4.98 Å². The minimum Gasteiger partial charge on any atom is -0.397 e. The van der Waals surface area contributed by atoms with Crippen molar-refractivity contribution in [2.75, 3.05) is 11.5 Å². The van der Waals surface area contributed by atoms with Crippen molar-refractivity contribution in [3.63, 3.8) is 0 Å². The third-order valence-corrected chi connectivity index (χ3v) is 4.91. The lowest BCUT2D eigenvalue weighted by molar-refractivity contribution is -0.323. The van der Waals surface area contributed by atoms with Crippen molar-refractivity contribution in [2.24, 2.45) is 0 Å². The zero-order chi connectivity index (χ0) is 15.9. The summed E-state index contributed by atoms with van der Waals surface area (Å²) in [6.45, 7) is 0. The van der Waals surface area contributed by atoms with Crippen molar-refractivity contribution in [1.29, 1.82) is 5.26 Å². The van der Waals surface area contributed by atoms with Gasteiger partial charge in [-0.2, -0.15) is 5.26 Å². The molecule has 7 heteroatoms. The molecular formula is C15H10BrN4OS+. The summed E-state index contributed by atoms with van der Waals surface area (Å²) in [7, 11) is 0. The van der Waals surface area contributed by atoms with Crippen LogP contribution in [0.25, 0.3) is 10.2 Å². The van der Waals surface area contributed by atoms with E-state index in [-0.39, 0.29) is 11.6 Å². The third-order valence-electron chi connectivity index (χ3n) is 3.24. The lowest BCUT2D eigenvalue weighted by Gasteiger charge is -2.00. The molecule has 5 N–H and O–H groups in total. The van der Waals surface area contributed by atoms with E-state index in [2.05, 4.69) is 20.9 Å². The Morgan fingerprint density at radius 3 is 2.59 bits per heavy atom. The van der Waals surface area contributed by atoms with Crippen molar-refractivity contribution in [3.8, 4) is 6.07 Å². The maximum Gasteiger partial charge on any atom is 0.289 e. The van der Waals surface area contributed by atoms with Crippen LogP contribution >= 0.6 is 27.3 Å². The van der Waals surface area contributed by atoms with Gasteiger partial charge in [0.2, 0.25) is 5.78 Å². The molecule has 3 rings (SSSR count). The molecule has 0 aliphatic rings. The number of carbonyl (C=O) groups is 1. The highest BCUT2D eigenvalue weighted by molar-refractivity contribution is 9.10. The summed E-state index contributed by atoms with van der Waals surface area (Å²) in [5.74, 6) is 0.107. The number of hydrogen-bond donors (Lipinski definition) is 2. The lowest BCUT2D eigenvalue weighted by atomic mass is 10.1. The van der Waals surface area contributed by atoms with E-state index in [1.165, 1.54) is 11.3 Å². The van der Waals surface area contributed by atoms with E-state index in [0.29, 0.717) is 31.9 Å². The van der Waals surface area contributed by atoms with Crippen LogP contribution in [0.2, 0.25) is 0 Å². The summed E-state index contributed by atoms with van der Waals surface area (Å²) in [4.78, 5) is 16.6. The monoisotopic (exact) mass is 373 g/mol. The summed E-state index contributed by atoms with van der Waals surface area (Å²) < 4.78 is 0.896. The molecule has 0 atom stereocenters. The second-order valence-electron chi connectivity index (χ2n) is 4.63. The summed E-state index contributed by atoms with van der Waals surface area (Å²) in [5.41, 5.74) is 13.1. The Morgan fingerprint density at radius 2 is 1.95 bits per heavy atom. The van der Waals surface area contributed by atoms with Gasteiger partial charge in [0, 0.05) is 10.0 Å². The number of rotatable bonds is 2. The molecular weight excluding hydrogens is 364 g/mol. The second-order valence-corrected chi connectivity index (χ2v) is 6.57. The first-order valence-corrected chi connectivity index (χ1v) is 7.86. The van der Waals surface area contributed by atoms with Crippen LogP contribution in [0.1, 0.15) is 20.8 Å². The normalized spacial score (nSPS) is 10.5. The first-order chi connectivity index (χ1) is 10.5. The number of aromatic amines is 1. The topological polar surface area (TPSA) is 107 Å². The van der Waals surface area contributed by atoms with E-state index < -0.39 is 0 Å². The Bertz CT molecular complexity index is 941. The number of halogens is 1. The Kier molecular flexibility index (Phi) is 3.56. The molecule has 0 aliphatic carbocycles. The molecule has 0 fully saturated rings. The smallest absolute Gasteiger partial charge is 0.289 e. The molecule has 5 nitrogen and oxygen atoms in total. The first-order valence-electron chi connectivity index (χ1n) is 6.25. The van der Waals surface area contributed by atoms with Crippen molar-refractivity contribution in [1.82, 2.24) is 0 Å². The summed E-state index contributed by atoms with van der Waals surface area (Å²) in [5, 5.41) is 9.67. The number of nitrogens with zero attached hydrogens (tertiary/aromatic N) is 1. The molecule has 2 aromatic heterocycles. The molecule has 0 saturated carbocycles. The molecule has 22 heavy (non-hydrogen) atoms. The number of aromatic nitrogens is 1. The molecule has 0 bridgehead atoms. The maximum absolute atomic E-state index is 12.6. The van der Waals surface area contributed by atoms with E-state index in [1.54, 1.807) is 30.3 Å². The van der Waals surface area contributed by atoms with Crippen molar-refractivity contribution in [2.45, 2.75) is 0 Å². The van der Waals surface area contributed by atoms with Crippen LogP contribution in [0.3, 0.4) is 0 Å². The van der Waals surface area contributed by atoms with Gasteiger partial charge in [-0.05, 0) is 30.3 Å². The van der Waals surface area contributed by atoms with Gasteiger partial charge in [-0.3, -0.25) is 10.5 Å². The first kappa shape index (κ1) is 14.5. The van der Waals surface area contributed by atoms with Gasteiger partial charge in [-0.1, -0.05) is 27.3 Å². The molecule has 0 spiro atoms. The molecule has 0 unspecified atom stereocenters. The summed E-state index contributed by atoms with van der Waals surface area (Å²) in [6, 6.07) is 10.7. The lowest BCUT2D eigenvalue weighted by Crippen LogP contribution is -2.11. The minimum absolute atomic E-state index is 0.156. The number of thiophene rings is 1. The quantitative estimate of drug-likeness (QED) is 0.673. The Morgan fingerprint density at radius 1 is 1.27 bits per heavy atom. The fourth-order valence-electron chi connectivity index (χ4n) is 2.10. The van der Waals surface area contributed by atoms with Gasteiger partial charge in [0.1, 0.15) is 16.5 Å². The van der Waals surface area contributed by atoms with Gasteiger partial charge in [-0.15, -0.1) is 0 Å². The van der Waals surface area contributed by atoms with Gasteiger partial charge in [0.15, 0.2) is 4.83 Å². The molecule has 1 aromatic carbocycles. The van der Waals surface area contributed by atoms with E-state index in [0.717, 1.165) is 4.47 Å². The van der Waals surface area contributed by atoms with E-state index in [9.17, 15) is 4.79 Å². The maximum atomic E-state index is 12.6. The molecule has 0 aliphatic heterocycles. The van der Waals surface area contributed by atoms with Crippen LogP contribution in [0, 0.1) is 11.3 Å². The van der Waals surface area contributed by atoms with Crippen LogP contribution in [0.4, 0.5) is 11.5 Å².